The summed E-state index contributed by atoms with van der Waals surface area (Å²) in [5, 5.41) is 10.9. The lowest BCUT2D eigenvalue weighted by Gasteiger charge is -2.19. The van der Waals surface area contributed by atoms with Crippen LogP contribution in [0.3, 0.4) is 0 Å². The smallest absolute Gasteiger partial charge is 0.331 e. The second-order valence-corrected chi connectivity index (χ2v) is 5.35. The van der Waals surface area contributed by atoms with Crippen LogP contribution in [-0.4, -0.2) is 50.1 Å². The summed E-state index contributed by atoms with van der Waals surface area (Å²) in [6.07, 6.45) is 4.83. The molecule has 1 fully saturated rings. The molecule has 2 aromatic rings. The minimum atomic E-state index is -0.435. The van der Waals surface area contributed by atoms with Crippen LogP contribution in [0.1, 0.15) is 25.7 Å². The zero-order chi connectivity index (χ0) is 16.1. The Morgan fingerprint density at radius 3 is 2.74 bits per heavy atom. The molecule has 3 rings (SSSR count). The van der Waals surface area contributed by atoms with Crippen LogP contribution in [0, 0.1) is 0 Å². The monoisotopic (exact) mass is 315 g/mol. The number of esters is 1. The number of hydrogen-bond donors (Lipinski definition) is 0. The van der Waals surface area contributed by atoms with Crippen molar-refractivity contribution < 1.29 is 14.3 Å². The van der Waals surface area contributed by atoms with Crippen LogP contribution in [0.15, 0.2) is 30.6 Å². The predicted molar refractivity (Wildman–Crippen MR) is 79.8 cm³/mol. The first kappa shape index (κ1) is 15.1. The molecule has 23 heavy (non-hydrogen) atoms. The van der Waals surface area contributed by atoms with E-state index in [1.807, 2.05) is 0 Å². The van der Waals surface area contributed by atoms with Crippen LogP contribution < -0.4 is 4.74 Å². The topological polar surface area (TPSA) is 90.2 Å². The summed E-state index contributed by atoms with van der Waals surface area (Å²) in [5.74, 6) is 0.0120. The van der Waals surface area contributed by atoms with E-state index in [9.17, 15) is 9.59 Å². The van der Waals surface area contributed by atoms with Crippen molar-refractivity contribution in [1.82, 2.24) is 25.1 Å². The van der Waals surface area contributed by atoms with E-state index in [2.05, 4.69) is 15.5 Å². The molecule has 120 valence electrons. The highest BCUT2D eigenvalue weighted by Crippen LogP contribution is 2.15. The number of likely N-dealkylation sites (tertiary alicyclic amines) is 1. The molecule has 1 amide bonds. The maximum Gasteiger partial charge on any atom is 0.331 e. The van der Waals surface area contributed by atoms with E-state index in [4.69, 9.17) is 4.74 Å². The Bertz CT molecular complexity index is 669. The van der Waals surface area contributed by atoms with Gasteiger partial charge in [-0.3, -0.25) is 4.79 Å². The van der Waals surface area contributed by atoms with Gasteiger partial charge >= 0.3 is 5.97 Å². The number of amides is 1. The van der Waals surface area contributed by atoms with Crippen LogP contribution in [0.25, 0.3) is 5.69 Å². The van der Waals surface area contributed by atoms with E-state index < -0.39 is 5.97 Å². The van der Waals surface area contributed by atoms with Gasteiger partial charge in [0, 0.05) is 13.0 Å². The molecule has 2 heterocycles. The summed E-state index contributed by atoms with van der Waals surface area (Å²) >= 11 is 0. The molecular weight excluding hydrogens is 298 g/mol. The summed E-state index contributed by atoms with van der Waals surface area (Å²) in [4.78, 5) is 25.4. The Morgan fingerprint density at radius 2 is 2.00 bits per heavy atom. The fourth-order valence-corrected chi connectivity index (χ4v) is 2.47. The first-order valence-electron chi connectivity index (χ1n) is 7.54. The number of ether oxygens (including phenoxy) is 1. The number of carbonyl (C=O) groups is 2. The highest BCUT2D eigenvalue weighted by molar-refractivity contribution is 5.83. The van der Waals surface area contributed by atoms with Gasteiger partial charge in [0.1, 0.15) is 18.6 Å². The fraction of sp³-hybridized carbons (Fsp3) is 0.400. The number of nitrogens with zero attached hydrogens (tertiary/aromatic N) is 5. The van der Waals surface area contributed by atoms with Crippen molar-refractivity contribution in [3.8, 4) is 11.4 Å². The maximum absolute atomic E-state index is 12.0. The van der Waals surface area contributed by atoms with Gasteiger partial charge in [0.05, 0.1) is 5.69 Å². The summed E-state index contributed by atoms with van der Waals surface area (Å²) in [6.45, 7) is 0.611. The Labute approximate surface area is 133 Å². The number of carbonyl (C=O) groups excluding carboxylic acids is 2. The summed E-state index contributed by atoms with van der Waals surface area (Å²) < 4.78 is 6.79. The van der Waals surface area contributed by atoms with Crippen molar-refractivity contribution in [2.45, 2.75) is 25.7 Å². The van der Waals surface area contributed by atoms with E-state index in [1.54, 1.807) is 29.2 Å². The number of rotatable bonds is 4. The highest BCUT2D eigenvalue weighted by Gasteiger charge is 2.20. The predicted octanol–water partition coefficient (Wildman–Crippen LogP) is 0.970. The molecule has 0 aliphatic carbocycles. The van der Waals surface area contributed by atoms with Crippen LogP contribution >= 0.6 is 0 Å². The minimum Gasteiger partial charge on any atom is -0.425 e. The lowest BCUT2D eigenvalue weighted by Crippen LogP contribution is -2.36. The summed E-state index contributed by atoms with van der Waals surface area (Å²) in [6, 6.07) is 6.82. The average Bonchev–Trinajstić information content (AvgIpc) is 3.01. The molecule has 1 aliphatic heterocycles. The van der Waals surface area contributed by atoms with Gasteiger partial charge in [-0.2, -0.15) is 0 Å². The van der Waals surface area contributed by atoms with Gasteiger partial charge in [0.2, 0.25) is 5.91 Å². The van der Waals surface area contributed by atoms with E-state index >= 15 is 0 Å². The van der Waals surface area contributed by atoms with Crippen LogP contribution in [0.5, 0.6) is 5.75 Å². The van der Waals surface area contributed by atoms with Crippen molar-refractivity contribution in [3.05, 3.63) is 30.6 Å². The third kappa shape index (κ3) is 3.91. The molecule has 0 saturated carbocycles. The van der Waals surface area contributed by atoms with Crippen LogP contribution in [0.2, 0.25) is 0 Å². The van der Waals surface area contributed by atoms with Crippen molar-refractivity contribution >= 4 is 11.9 Å². The fourth-order valence-electron chi connectivity index (χ4n) is 2.47. The molecule has 0 atom stereocenters. The second-order valence-electron chi connectivity index (χ2n) is 5.35. The van der Waals surface area contributed by atoms with E-state index in [1.165, 1.54) is 11.0 Å². The van der Waals surface area contributed by atoms with Crippen molar-refractivity contribution in [1.29, 1.82) is 0 Å². The minimum absolute atomic E-state index is 0.00637. The van der Waals surface area contributed by atoms with Gasteiger partial charge in [0.25, 0.3) is 0 Å². The van der Waals surface area contributed by atoms with E-state index in [0.717, 1.165) is 24.9 Å². The van der Waals surface area contributed by atoms with E-state index in [-0.39, 0.29) is 12.5 Å². The molecule has 1 aromatic carbocycles. The highest BCUT2D eigenvalue weighted by atomic mass is 16.5. The van der Waals surface area contributed by atoms with Gasteiger partial charge < -0.3 is 9.64 Å². The normalized spacial score (nSPS) is 15.3. The molecule has 0 bridgehead atoms. The van der Waals surface area contributed by atoms with Crippen LogP contribution in [-0.2, 0) is 9.59 Å². The standard InChI is InChI=1S/C15H17N5O3/c21-14-4-2-1-3-9-19(14)10-15(22)23-13-7-5-12(6-8-13)20-11-16-17-18-20/h5-8,11H,1-4,9-10H2. The lowest BCUT2D eigenvalue weighted by molar-refractivity contribution is -0.142. The quantitative estimate of drug-likeness (QED) is 0.617. The van der Waals surface area contributed by atoms with Crippen molar-refractivity contribution in [2.24, 2.45) is 0 Å². The number of aromatic nitrogens is 4. The number of tetrazole rings is 1. The average molecular weight is 315 g/mol. The first-order chi connectivity index (χ1) is 11.2. The maximum atomic E-state index is 12.0. The van der Waals surface area contributed by atoms with Gasteiger partial charge in [-0.1, -0.05) is 6.42 Å². The van der Waals surface area contributed by atoms with Crippen molar-refractivity contribution in [3.63, 3.8) is 0 Å². The Morgan fingerprint density at radius 1 is 1.17 bits per heavy atom. The molecule has 0 radical (unpaired) electrons. The molecule has 1 aromatic heterocycles. The van der Waals surface area contributed by atoms with Gasteiger partial charge in [-0.15, -0.1) is 5.10 Å². The Balaban J connectivity index is 1.58. The summed E-state index contributed by atoms with van der Waals surface area (Å²) in [5.41, 5.74) is 0.762. The SMILES string of the molecule is O=C(CN1CCCCCC1=O)Oc1ccc(-n2cnnn2)cc1. The molecule has 0 unspecified atom stereocenters. The zero-order valence-corrected chi connectivity index (χ0v) is 12.6. The molecular formula is C15H17N5O3. The van der Waals surface area contributed by atoms with Gasteiger partial charge in [-0.05, 0) is 47.5 Å². The largest absolute Gasteiger partial charge is 0.425 e. The Hall–Kier alpha value is -2.77. The summed E-state index contributed by atoms with van der Waals surface area (Å²) in [7, 11) is 0. The first-order valence-corrected chi connectivity index (χ1v) is 7.54. The molecule has 0 spiro atoms. The second kappa shape index (κ2) is 6.99. The third-order valence-corrected chi connectivity index (χ3v) is 3.67. The molecule has 0 N–H and O–H groups in total. The molecule has 8 nitrogen and oxygen atoms in total. The molecule has 1 aliphatic rings. The lowest BCUT2D eigenvalue weighted by atomic mass is 10.2. The van der Waals surface area contributed by atoms with Gasteiger partial charge in [0.15, 0.2) is 0 Å². The van der Waals surface area contributed by atoms with Crippen molar-refractivity contribution in [2.75, 3.05) is 13.1 Å². The Kier molecular flexibility index (Phi) is 4.60. The third-order valence-electron chi connectivity index (χ3n) is 3.67. The number of hydrogen-bond acceptors (Lipinski definition) is 6. The van der Waals surface area contributed by atoms with Gasteiger partial charge in [-0.25, -0.2) is 9.48 Å². The van der Waals surface area contributed by atoms with Crippen LogP contribution in [0.4, 0.5) is 0 Å². The molecule has 8 heteroatoms. The number of benzene rings is 1. The van der Waals surface area contributed by atoms with E-state index in [0.29, 0.717) is 18.7 Å². The zero-order valence-electron chi connectivity index (χ0n) is 12.6. The molecule has 1 saturated heterocycles.